The topological polar surface area (TPSA) is 81.5 Å². The number of ether oxygens (including phenoxy) is 1. The van der Waals surface area contributed by atoms with Crippen LogP contribution in [0.15, 0.2) is 36.4 Å². The van der Waals surface area contributed by atoms with E-state index in [1.54, 1.807) is 19.1 Å². The number of anilines is 1. The second-order valence-electron chi connectivity index (χ2n) is 5.98. The van der Waals surface area contributed by atoms with Crippen LogP contribution in [-0.2, 0) is 4.79 Å². The van der Waals surface area contributed by atoms with Crippen molar-refractivity contribution >= 4 is 17.3 Å². The van der Waals surface area contributed by atoms with Gasteiger partial charge in [0.15, 0.2) is 0 Å². The summed E-state index contributed by atoms with van der Waals surface area (Å²) in [7, 11) is 0. The van der Waals surface area contributed by atoms with Gasteiger partial charge in [-0.3, -0.25) is 14.9 Å². The van der Waals surface area contributed by atoms with Crippen molar-refractivity contribution < 1.29 is 14.5 Å². The van der Waals surface area contributed by atoms with E-state index in [-0.39, 0.29) is 23.7 Å². The third-order valence-corrected chi connectivity index (χ3v) is 3.98. The van der Waals surface area contributed by atoms with Gasteiger partial charge in [-0.15, -0.1) is 0 Å². The fourth-order valence-electron chi connectivity index (χ4n) is 2.41. The van der Waals surface area contributed by atoms with E-state index in [9.17, 15) is 14.9 Å². The number of carbonyl (C=O) groups excluding carboxylic acids is 1. The van der Waals surface area contributed by atoms with E-state index in [0.29, 0.717) is 13.0 Å². The van der Waals surface area contributed by atoms with E-state index in [1.807, 2.05) is 32.0 Å². The molecule has 0 aliphatic rings. The lowest BCUT2D eigenvalue weighted by Crippen LogP contribution is -2.14. The molecule has 0 aromatic heterocycles. The highest BCUT2D eigenvalue weighted by atomic mass is 16.6. The first-order chi connectivity index (χ1) is 11.9. The first-order valence-electron chi connectivity index (χ1n) is 8.12. The minimum atomic E-state index is -0.494. The molecule has 2 aromatic rings. The van der Waals surface area contributed by atoms with E-state index in [4.69, 9.17) is 4.74 Å². The van der Waals surface area contributed by atoms with Crippen molar-refractivity contribution in [2.24, 2.45) is 0 Å². The van der Waals surface area contributed by atoms with Gasteiger partial charge >= 0.3 is 0 Å². The fourth-order valence-corrected chi connectivity index (χ4v) is 2.41. The van der Waals surface area contributed by atoms with Crippen molar-refractivity contribution in [2.75, 3.05) is 11.9 Å². The highest BCUT2D eigenvalue weighted by Crippen LogP contribution is 2.25. The number of benzene rings is 2. The Balaban J connectivity index is 1.85. The van der Waals surface area contributed by atoms with Crippen LogP contribution in [0.1, 0.15) is 29.5 Å². The normalized spacial score (nSPS) is 10.4. The first kappa shape index (κ1) is 18.4. The van der Waals surface area contributed by atoms with Crippen LogP contribution < -0.4 is 10.1 Å². The van der Waals surface area contributed by atoms with Gasteiger partial charge in [0.05, 0.1) is 11.5 Å². The van der Waals surface area contributed by atoms with Crippen LogP contribution in [-0.4, -0.2) is 17.4 Å². The third-order valence-electron chi connectivity index (χ3n) is 3.98. The van der Waals surface area contributed by atoms with Crippen LogP contribution in [0.4, 0.5) is 11.4 Å². The Morgan fingerprint density at radius 2 is 1.96 bits per heavy atom. The molecule has 0 aliphatic heterocycles. The highest BCUT2D eigenvalue weighted by molar-refractivity contribution is 5.93. The maximum atomic E-state index is 12.0. The van der Waals surface area contributed by atoms with Crippen LogP contribution in [0.3, 0.4) is 0 Å². The molecule has 6 nitrogen and oxygen atoms in total. The molecule has 1 N–H and O–H groups in total. The van der Waals surface area contributed by atoms with Crippen molar-refractivity contribution in [1.82, 2.24) is 0 Å². The predicted octanol–water partition coefficient (Wildman–Crippen LogP) is 4.32. The largest absolute Gasteiger partial charge is 0.493 e. The zero-order valence-electron chi connectivity index (χ0n) is 14.7. The van der Waals surface area contributed by atoms with Crippen molar-refractivity contribution in [1.29, 1.82) is 0 Å². The Morgan fingerprint density at radius 1 is 1.20 bits per heavy atom. The molecule has 2 aromatic carbocycles. The van der Waals surface area contributed by atoms with Gasteiger partial charge in [-0.25, -0.2) is 0 Å². The zero-order valence-corrected chi connectivity index (χ0v) is 14.7. The number of aryl methyl sites for hydroxylation is 2. The summed E-state index contributed by atoms with van der Waals surface area (Å²) in [5, 5.41) is 13.7. The summed E-state index contributed by atoms with van der Waals surface area (Å²) in [5.41, 5.74) is 3.13. The molecule has 1 amide bonds. The van der Waals surface area contributed by atoms with Gasteiger partial charge in [0.1, 0.15) is 11.4 Å². The minimum Gasteiger partial charge on any atom is -0.493 e. The molecule has 132 valence electrons. The standard InChI is InChI=1S/C19H22N2O4/c1-13-9-10-16(17(12-13)21(23)24)20-19(22)8-5-11-25-18-7-4-6-14(2)15(18)3/h4,6-7,9-10,12H,5,8,11H2,1-3H3,(H,20,22). The van der Waals surface area contributed by atoms with Gasteiger partial charge in [0, 0.05) is 12.5 Å². The number of nitro benzene ring substituents is 1. The van der Waals surface area contributed by atoms with Gasteiger partial charge in [-0.05, 0) is 56.0 Å². The van der Waals surface area contributed by atoms with Gasteiger partial charge in [-0.2, -0.15) is 0 Å². The van der Waals surface area contributed by atoms with E-state index in [0.717, 1.165) is 22.4 Å². The number of carbonyl (C=O) groups is 1. The first-order valence-corrected chi connectivity index (χ1v) is 8.12. The molecule has 6 heteroatoms. The Kier molecular flexibility index (Phi) is 6.11. The summed E-state index contributed by atoms with van der Waals surface area (Å²) >= 11 is 0. The molecular weight excluding hydrogens is 320 g/mol. The number of hydrogen-bond donors (Lipinski definition) is 1. The summed E-state index contributed by atoms with van der Waals surface area (Å²) in [6, 6.07) is 10.6. The van der Waals surface area contributed by atoms with Crippen LogP contribution in [0, 0.1) is 30.9 Å². The fraction of sp³-hybridized carbons (Fsp3) is 0.316. The number of amides is 1. The van der Waals surface area contributed by atoms with E-state index in [2.05, 4.69) is 5.32 Å². The molecule has 0 saturated carbocycles. The van der Waals surface area contributed by atoms with E-state index >= 15 is 0 Å². The number of rotatable bonds is 7. The lowest BCUT2D eigenvalue weighted by atomic mass is 10.1. The molecule has 0 heterocycles. The number of nitrogens with one attached hydrogen (secondary N) is 1. The smallest absolute Gasteiger partial charge is 0.293 e. The Hall–Kier alpha value is -2.89. The van der Waals surface area contributed by atoms with E-state index < -0.39 is 4.92 Å². The number of nitro groups is 1. The van der Waals surface area contributed by atoms with Crippen molar-refractivity contribution in [3.63, 3.8) is 0 Å². The van der Waals surface area contributed by atoms with Crippen LogP contribution in [0.2, 0.25) is 0 Å². The Morgan fingerprint density at radius 3 is 2.68 bits per heavy atom. The summed E-state index contributed by atoms with van der Waals surface area (Å²) in [6.45, 7) is 6.19. The molecule has 0 spiro atoms. The average Bonchev–Trinajstić information content (AvgIpc) is 2.56. The van der Waals surface area contributed by atoms with Gasteiger partial charge < -0.3 is 10.1 Å². The van der Waals surface area contributed by atoms with Crippen LogP contribution in [0.25, 0.3) is 0 Å². The van der Waals surface area contributed by atoms with Crippen molar-refractivity contribution in [3.8, 4) is 5.75 Å². The summed E-state index contributed by atoms with van der Waals surface area (Å²) in [5.74, 6) is 0.547. The van der Waals surface area contributed by atoms with Gasteiger partial charge in [0.25, 0.3) is 5.69 Å². The quantitative estimate of drug-likeness (QED) is 0.461. The average molecular weight is 342 g/mol. The molecule has 2 rings (SSSR count). The molecular formula is C19H22N2O4. The minimum absolute atomic E-state index is 0.0972. The second-order valence-corrected chi connectivity index (χ2v) is 5.98. The predicted molar refractivity (Wildman–Crippen MR) is 97.1 cm³/mol. The summed E-state index contributed by atoms with van der Waals surface area (Å²) in [6.07, 6.45) is 0.759. The van der Waals surface area contributed by atoms with Gasteiger partial charge in [-0.1, -0.05) is 18.2 Å². The third kappa shape index (κ3) is 5.04. The van der Waals surface area contributed by atoms with Crippen molar-refractivity contribution in [3.05, 3.63) is 63.2 Å². The zero-order chi connectivity index (χ0) is 18.4. The molecule has 0 bridgehead atoms. The van der Waals surface area contributed by atoms with E-state index in [1.165, 1.54) is 6.07 Å². The maximum absolute atomic E-state index is 12.0. The molecule has 0 aliphatic carbocycles. The molecule has 25 heavy (non-hydrogen) atoms. The lowest BCUT2D eigenvalue weighted by molar-refractivity contribution is -0.384. The molecule has 0 radical (unpaired) electrons. The molecule has 0 atom stereocenters. The SMILES string of the molecule is Cc1ccc(NC(=O)CCCOc2cccc(C)c2C)c([N+](=O)[O-])c1. The van der Waals surface area contributed by atoms with Crippen LogP contribution >= 0.6 is 0 Å². The monoisotopic (exact) mass is 342 g/mol. The molecule has 0 saturated heterocycles. The summed E-state index contributed by atoms with van der Waals surface area (Å²) < 4.78 is 5.71. The number of nitrogens with zero attached hydrogens (tertiary/aromatic N) is 1. The number of hydrogen-bond acceptors (Lipinski definition) is 4. The van der Waals surface area contributed by atoms with Crippen molar-refractivity contribution in [2.45, 2.75) is 33.6 Å². The van der Waals surface area contributed by atoms with Crippen LogP contribution in [0.5, 0.6) is 5.75 Å². The molecule has 0 fully saturated rings. The second kappa shape index (κ2) is 8.28. The Bertz CT molecular complexity index is 787. The maximum Gasteiger partial charge on any atom is 0.293 e. The molecule has 0 unspecified atom stereocenters. The lowest BCUT2D eigenvalue weighted by Gasteiger charge is -2.11. The Labute approximate surface area is 147 Å². The highest BCUT2D eigenvalue weighted by Gasteiger charge is 2.15. The summed E-state index contributed by atoms with van der Waals surface area (Å²) in [4.78, 5) is 22.6. The van der Waals surface area contributed by atoms with Gasteiger partial charge in [0.2, 0.25) is 5.91 Å².